The Morgan fingerprint density at radius 1 is 1.05 bits per heavy atom. The van der Waals surface area contributed by atoms with Crippen LogP contribution in [0.2, 0.25) is 0 Å². The highest BCUT2D eigenvalue weighted by Gasteiger charge is 2.08. The van der Waals surface area contributed by atoms with E-state index in [2.05, 4.69) is 71.9 Å². The average molecular weight is 277 g/mol. The third-order valence-electron chi connectivity index (χ3n) is 3.57. The van der Waals surface area contributed by atoms with Crippen LogP contribution in [0.5, 0.6) is 0 Å². The predicted octanol–water partition coefficient (Wildman–Crippen LogP) is 4.44. The molecule has 1 N–H and O–H groups in total. The minimum Gasteiger partial charge on any atom is -0.378 e. The van der Waals surface area contributed by atoms with Gasteiger partial charge in [0.1, 0.15) is 0 Å². The van der Waals surface area contributed by atoms with Crippen LogP contribution < -0.4 is 5.32 Å². The number of hydrogen-bond acceptors (Lipinski definition) is 2. The SMILES string of the molecule is CCC(Nc1cccc(-n2cccn2)c1)c1ccccc1. The summed E-state index contributed by atoms with van der Waals surface area (Å²) in [5.74, 6) is 0. The van der Waals surface area contributed by atoms with Crippen LogP contribution in [0.1, 0.15) is 24.9 Å². The van der Waals surface area contributed by atoms with Gasteiger partial charge in [-0.25, -0.2) is 4.68 Å². The molecule has 1 heterocycles. The number of aromatic nitrogens is 2. The Hall–Kier alpha value is -2.55. The number of rotatable bonds is 5. The van der Waals surface area contributed by atoms with Gasteiger partial charge in [0.25, 0.3) is 0 Å². The smallest absolute Gasteiger partial charge is 0.0666 e. The molecule has 0 aliphatic heterocycles. The lowest BCUT2D eigenvalue weighted by Crippen LogP contribution is -2.09. The van der Waals surface area contributed by atoms with Crippen LogP contribution in [0, 0.1) is 0 Å². The third-order valence-corrected chi connectivity index (χ3v) is 3.57. The van der Waals surface area contributed by atoms with E-state index in [0.29, 0.717) is 6.04 Å². The number of nitrogens with one attached hydrogen (secondary N) is 1. The molecular weight excluding hydrogens is 258 g/mol. The van der Waals surface area contributed by atoms with Crippen molar-refractivity contribution in [3.8, 4) is 5.69 Å². The average Bonchev–Trinajstić information content (AvgIpc) is 3.08. The van der Waals surface area contributed by atoms with Crippen LogP contribution in [0.4, 0.5) is 5.69 Å². The Morgan fingerprint density at radius 3 is 2.62 bits per heavy atom. The molecule has 1 aromatic heterocycles. The molecule has 2 aromatic carbocycles. The molecule has 106 valence electrons. The van der Waals surface area contributed by atoms with Crippen LogP contribution in [-0.4, -0.2) is 9.78 Å². The molecule has 1 atom stereocenters. The van der Waals surface area contributed by atoms with E-state index in [4.69, 9.17) is 0 Å². The Morgan fingerprint density at radius 2 is 1.90 bits per heavy atom. The van der Waals surface area contributed by atoms with Crippen molar-refractivity contribution >= 4 is 5.69 Å². The maximum Gasteiger partial charge on any atom is 0.0666 e. The van der Waals surface area contributed by atoms with Crippen molar-refractivity contribution in [3.63, 3.8) is 0 Å². The molecule has 0 amide bonds. The van der Waals surface area contributed by atoms with E-state index >= 15 is 0 Å². The zero-order valence-corrected chi connectivity index (χ0v) is 12.1. The van der Waals surface area contributed by atoms with E-state index in [9.17, 15) is 0 Å². The van der Waals surface area contributed by atoms with Gasteiger partial charge in [-0.05, 0) is 36.2 Å². The van der Waals surface area contributed by atoms with Gasteiger partial charge in [-0.15, -0.1) is 0 Å². The second-order valence-corrected chi connectivity index (χ2v) is 5.02. The normalized spacial score (nSPS) is 12.0. The van der Waals surface area contributed by atoms with Crippen LogP contribution >= 0.6 is 0 Å². The van der Waals surface area contributed by atoms with E-state index in [-0.39, 0.29) is 0 Å². The van der Waals surface area contributed by atoms with E-state index < -0.39 is 0 Å². The minimum atomic E-state index is 0.319. The van der Waals surface area contributed by atoms with Gasteiger partial charge in [-0.2, -0.15) is 5.10 Å². The van der Waals surface area contributed by atoms with E-state index in [0.717, 1.165) is 17.8 Å². The van der Waals surface area contributed by atoms with Crippen molar-refractivity contribution in [1.82, 2.24) is 9.78 Å². The Bertz CT molecular complexity index is 675. The van der Waals surface area contributed by atoms with Gasteiger partial charge in [-0.1, -0.05) is 43.3 Å². The Labute approximate surface area is 125 Å². The molecule has 0 bridgehead atoms. The summed E-state index contributed by atoms with van der Waals surface area (Å²) in [4.78, 5) is 0. The van der Waals surface area contributed by atoms with Gasteiger partial charge in [-0.3, -0.25) is 0 Å². The summed E-state index contributed by atoms with van der Waals surface area (Å²) >= 11 is 0. The fraction of sp³-hybridized carbons (Fsp3) is 0.167. The quantitative estimate of drug-likeness (QED) is 0.747. The highest BCUT2D eigenvalue weighted by molar-refractivity contribution is 5.52. The molecule has 0 saturated heterocycles. The van der Waals surface area contributed by atoms with Crippen molar-refractivity contribution in [3.05, 3.63) is 78.6 Å². The van der Waals surface area contributed by atoms with Gasteiger partial charge in [0.05, 0.1) is 11.7 Å². The maximum absolute atomic E-state index is 4.27. The topological polar surface area (TPSA) is 29.9 Å². The number of nitrogens with zero attached hydrogens (tertiary/aromatic N) is 2. The van der Waals surface area contributed by atoms with Crippen LogP contribution in [0.25, 0.3) is 5.69 Å². The summed E-state index contributed by atoms with van der Waals surface area (Å²) in [6, 6.07) is 21.1. The molecule has 3 aromatic rings. The number of anilines is 1. The van der Waals surface area contributed by atoms with Crippen molar-refractivity contribution < 1.29 is 0 Å². The van der Waals surface area contributed by atoms with Crippen LogP contribution in [-0.2, 0) is 0 Å². The zero-order valence-electron chi connectivity index (χ0n) is 12.1. The number of benzene rings is 2. The van der Waals surface area contributed by atoms with Gasteiger partial charge in [0.2, 0.25) is 0 Å². The fourth-order valence-corrected chi connectivity index (χ4v) is 2.47. The second kappa shape index (κ2) is 6.27. The molecule has 0 aliphatic rings. The summed E-state index contributed by atoms with van der Waals surface area (Å²) in [5, 5.41) is 7.88. The monoisotopic (exact) mass is 277 g/mol. The molecule has 21 heavy (non-hydrogen) atoms. The predicted molar refractivity (Wildman–Crippen MR) is 86.7 cm³/mol. The minimum absolute atomic E-state index is 0.319. The first-order valence-electron chi connectivity index (χ1n) is 7.28. The van der Waals surface area contributed by atoms with Crippen LogP contribution in [0.15, 0.2) is 73.1 Å². The summed E-state index contributed by atoms with van der Waals surface area (Å²) < 4.78 is 1.87. The van der Waals surface area contributed by atoms with Crippen molar-refractivity contribution in [1.29, 1.82) is 0 Å². The Balaban J connectivity index is 1.82. The molecule has 1 unspecified atom stereocenters. The molecule has 0 fully saturated rings. The van der Waals surface area contributed by atoms with E-state index in [1.165, 1.54) is 5.56 Å². The summed E-state index contributed by atoms with van der Waals surface area (Å²) in [7, 11) is 0. The van der Waals surface area contributed by atoms with E-state index in [1.54, 1.807) is 6.20 Å². The largest absolute Gasteiger partial charge is 0.378 e. The summed E-state index contributed by atoms with van der Waals surface area (Å²) in [5.41, 5.74) is 3.48. The lowest BCUT2D eigenvalue weighted by atomic mass is 10.0. The summed E-state index contributed by atoms with van der Waals surface area (Å²) in [6.07, 6.45) is 4.78. The highest BCUT2D eigenvalue weighted by Crippen LogP contribution is 2.23. The first-order chi connectivity index (χ1) is 10.4. The van der Waals surface area contributed by atoms with Gasteiger partial charge < -0.3 is 5.32 Å². The van der Waals surface area contributed by atoms with Crippen molar-refractivity contribution in [2.24, 2.45) is 0 Å². The van der Waals surface area contributed by atoms with E-state index in [1.807, 2.05) is 16.9 Å². The maximum atomic E-state index is 4.27. The first-order valence-corrected chi connectivity index (χ1v) is 7.28. The molecule has 3 rings (SSSR count). The number of hydrogen-bond donors (Lipinski definition) is 1. The van der Waals surface area contributed by atoms with Gasteiger partial charge >= 0.3 is 0 Å². The lowest BCUT2D eigenvalue weighted by Gasteiger charge is -2.19. The van der Waals surface area contributed by atoms with Gasteiger partial charge in [0.15, 0.2) is 0 Å². The zero-order chi connectivity index (χ0) is 14.5. The molecule has 0 radical (unpaired) electrons. The molecule has 0 saturated carbocycles. The molecule has 0 aliphatic carbocycles. The Kier molecular flexibility index (Phi) is 4.01. The molecular formula is C18H19N3. The molecule has 3 nitrogen and oxygen atoms in total. The summed E-state index contributed by atoms with van der Waals surface area (Å²) in [6.45, 7) is 2.20. The molecule has 3 heteroatoms. The fourth-order valence-electron chi connectivity index (χ4n) is 2.47. The second-order valence-electron chi connectivity index (χ2n) is 5.02. The standard InChI is InChI=1S/C18H19N3/c1-2-18(15-8-4-3-5-9-15)20-16-10-6-11-17(14-16)21-13-7-12-19-21/h3-14,18,20H,2H2,1H3. The third kappa shape index (κ3) is 3.14. The highest BCUT2D eigenvalue weighted by atomic mass is 15.3. The van der Waals surface area contributed by atoms with Crippen molar-refractivity contribution in [2.75, 3.05) is 5.32 Å². The van der Waals surface area contributed by atoms with Crippen LogP contribution in [0.3, 0.4) is 0 Å². The lowest BCUT2D eigenvalue weighted by molar-refractivity contribution is 0.749. The van der Waals surface area contributed by atoms with Gasteiger partial charge in [0, 0.05) is 18.1 Å². The first kappa shape index (κ1) is 13.4. The molecule has 0 spiro atoms. The van der Waals surface area contributed by atoms with Crippen molar-refractivity contribution in [2.45, 2.75) is 19.4 Å².